The summed E-state index contributed by atoms with van der Waals surface area (Å²) in [5.74, 6) is -0.482. The van der Waals surface area contributed by atoms with Gasteiger partial charge in [-0.2, -0.15) is 0 Å². The van der Waals surface area contributed by atoms with Crippen LogP contribution in [-0.2, 0) is 11.3 Å². The molecule has 0 aliphatic rings. The van der Waals surface area contributed by atoms with Gasteiger partial charge >= 0.3 is 5.97 Å². The molecule has 1 aromatic carbocycles. The van der Waals surface area contributed by atoms with E-state index in [1.165, 1.54) is 11.8 Å². The van der Waals surface area contributed by atoms with Gasteiger partial charge in [-0.1, -0.05) is 18.2 Å². The highest BCUT2D eigenvalue weighted by atomic mass is 16.5. The summed E-state index contributed by atoms with van der Waals surface area (Å²) in [6.07, 6.45) is 0. The first kappa shape index (κ1) is 14.8. The summed E-state index contributed by atoms with van der Waals surface area (Å²) in [6.45, 7) is 3.30. The van der Waals surface area contributed by atoms with Gasteiger partial charge in [0.25, 0.3) is 11.1 Å². The maximum absolute atomic E-state index is 12.2. The zero-order chi connectivity index (χ0) is 15.6. The molecule has 0 fully saturated rings. The molecule has 110 valence electrons. The van der Waals surface area contributed by atoms with Crippen molar-refractivity contribution in [1.82, 2.24) is 9.78 Å². The second kappa shape index (κ2) is 5.78. The second-order valence-corrected chi connectivity index (χ2v) is 4.73. The van der Waals surface area contributed by atoms with Crippen molar-refractivity contribution in [3.63, 3.8) is 0 Å². The minimum Gasteiger partial charge on any atom is -0.465 e. The van der Waals surface area contributed by atoms with Gasteiger partial charge in [-0.15, -0.1) is 0 Å². The summed E-state index contributed by atoms with van der Waals surface area (Å²) in [7, 11) is 1.29. The first-order valence-corrected chi connectivity index (χ1v) is 6.42. The number of rotatable bonds is 3. The van der Waals surface area contributed by atoms with Crippen LogP contribution in [-0.4, -0.2) is 22.9 Å². The fourth-order valence-corrected chi connectivity index (χ4v) is 2.04. The summed E-state index contributed by atoms with van der Waals surface area (Å²) in [5, 5.41) is 2.51. The number of carbonyl (C=O) groups excluding carboxylic acids is 1. The van der Waals surface area contributed by atoms with Crippen LogP contribution in [0.15, 0.2) is 33.9 Å². The molecular formula is C15H16N2O4. The van der Waals surface area contributed by atoms with Gasteiger partial charge in [0, 0.05) is 11.1 Å². The third-order valence-corrected chi connectivity index (χ3v) is 3.46. The van der Waals surface area contributed by atoms with Crippen LogP contribution in [0.2, 0.25) is 0 Å². The Morgan fingerprint density at radius 2 is 1.86 bits per heavy atom. The Hall–Kier alpha value is -2.63. The smallest absolute Gasteiger partial charge is 0.338 e. The van der Waals surface area contributed by atoms with Gasteiger partial charge in [0.1, 0.15) is 0 Å². The van der Waals surface area contributed by atoms with E-state index in [9.17, 15) is 14.4 Å². The van der Waals surface area contributed by atoms with Crippen LogP contribution < -0.4 is 11.1 Å². The van der Waals surface area contributed by atoms with Gasteiger partial charge in [-0.05, 0) is 25.5 Å². The maximum atomic E-state index is 12.2. The Balaban J connectivity index is 2.52. The quantitative estimate of drug-likeness (QED) is 0.854. The van der Waals surface area contributed by atoms with Crippen molar-refractivity contribution in [1.29, 1.82) is 0 Å². The number of benzene rings is 1. The monoisotopic (exact) mass is 288 g/mol. The summed E-state index contributed by atoms with van der Waals surface area (Å²) < 4.78 is 5.91. The molecule has 0 spiro atoms. The van der Waals surface area contributed by atoms with Crippen LogP contribution in [0.3, 0.4) is 0 Å². The number of H-pyrrole nitrogens is 1. The van der Waals surface area contributed by atoms with Crippen molar-refractivity contribution >= 4 is 5.97 Å². The van der Waals surface area contributed by atoms with Crippen LogP contribution >= 0.6 is 0 Å². The van der Waals surface area contributed by atoms with Crippen LogP contribution in [0, 0.1) is 13.8 Å². The molecular weight excluding hydrogens is 272 g/mol. The molecule has 1 aromatic heterocycles. The van der Waals surface area contributed by atoms with Gasteiger partial charge < -0.3 is 4.74 Å². The Labute approximate surface area is 121 Å². The first-order valence-electron chi connectivity index (χ1n) is 6.42. The molecule has 0 radical (unpaired) electrons. The minimum absolute atomic E-state index is 0.0977. The topological polar surface area (TPSA) is 81.2 Å². The molecule has 1 heterocycles. The average molecular weight is 288 g/mol. The van der Waals surface area contributed by atoms with Crippen LogP contribution in [0.5, 0.6) is 0 Å². The fourth-order valence-electron chi connectivity index (χ4n) is 2.04. The molecule has 2 rings (SSSR count). The fraction of sp³-hybridized carbons (Fsp3) is 0.267. The van der Waals surface area contributed by atoms with E-state index in [-0.39, 0.29) is 17.7 Å². The Morgan fingerprint density at radius 1 is 1.19 bits per heavy atom. The van der Waals surface area contributed by atoms with Crippen LogP contribution in [0.25, 0.3) is 0 Å². The lowest BCUT2D eigenvalue weighted by molar-refractivity contribution is 0.0599. The number of nitrogens with one attached hydrogen (secondary N) is 1. The lowest BCUT2D eigenvalue weighted by Crippen LogP contribution is -2.33. The van der Waals surface area contributed by atoms with E-state index < -0.39 is 5.97 Å². The third-order valence-electron chi connectivity index (χ3n) is 3.46. The predicted octanol–water partition coefficient (Wildman–Crippen LogP) is 0.988. The van der Waals surface area contributed by atoms with E-state index in [2.05, 4.69) is 5.10 Å². The molecule has 2 aromatic rings. The molecule has 0 saturated carbocycles. The van der Waals surface area contributed by atoms with E-state index in [0.717, 1.165) is 0 Å². The van der Waals surface area contributed by atoms with E-state index in [1.807, 2.05) is 0 Å². The van der Waals surface area contributed by atoms with Crippen molar-refractivity contribution < 1.29 is 9.53 Å². The molecule has 21 heavy (non-hydrogen) atoms. The minimum atomic E-state index is -0.482. The maximum Gasteiger partial charge on any atom is 0.338 e. The van der Waals surface area contributed by atoms with Crippen LogP contribution in [0.1, 0.15) is 27.0 Å². The largest absolute Gasteiger partial charge is 0.465 e. The van der Waals surface area contributed by atoms with Gasteiger partial charge in [0.2, 0.25) is 0 Å². The molecule has 0 bridgehead atoms. The zero-order valence-corrected chi connectivity index (χ0v) is 12.1. The Morgan fingerprint density at radius 3 is 2.52 bits per heavy atom. The number of carbonyl (C=O) groups is 1. The normalized spacial score (nSPS) is 10.4. The van der Waals surface area contributed by atoms with Gasteiger partial charge in [0.05, 0.1) is 19.2 Å². The first-order chi connectivity index (χ1) is 9.95. The number of methoxy groups -OCH3 is 1. The lowest BCUT2D eigenvalue weighted by atomic mass is 10.1. The predicted molar refractivity (Wildman–Crippen MR) is 77.7 cm³/mol. The molecule has 0 aliphatic carbocycles. The Bertz CT molecular complexity index is 802. The summed E-state index contributed by atoms with van der Waals surface area (Å²) in [5.41, 5.74) is 1.16. The van der Waals surface area contributed by atoms with Crippen molar-refractivity contribution in [2.45, 2.75) is 20.4 Å². The number of aromatic nitrogens is 2. The lowest BCUT2D eigenvalue weighted by Gasteiger charge is -2.11. The van der Waals surface area contributed by atoms with Crippen molar-refractivity contribution in [2.24, 2.45) is 0 Å². The molecule has 0 aliphatic heterocycles. The number of nitrogens with zero attached hydrogens (tertiary/aromatic N) is 1. The summed E-state index contributed by atoms with van der Waals surface area (Å²) in [4.78, 5) is 35.7. The van der Waals surface area contributed by atoms with Crippen molar-refractivity contribution in [3.05, 3.63) is 67.2 Å². The molecule has 0 atom stereocenters. The third kappa shape index (κ3) is 2.79. The number of ether oxygens (including phenoxy) is 1. The van der Waals surface area contributed by atoms with Crippen LogP contribution in [0.4, 0.5) is 0 Å². The number of hydrogen-bond donors (Lipinski definition) is 1. The average Bonchev–Trinajstić information content (AvgIpc) is 2.50. The molecule has 0 unspecified atom stereocenters. The van der Waals surface area contributed by atoms with Gasteiger partial charge in [0.15, 0.2) is 0 Å². The van der Waals surface area contributed by atoms with E-state index in [0.29, 0.717) is 22.3 Å². The standard InChI is InChI=1S/C15H16N2O4/c1-9-10(2)14(19)17(16-13(9)18)8-11-6-4-5-7-12(11)15(20)21-3/h4-7H,8H2,1-3H3,(H,16,18). The van der Waals surface area contributed by atoms with Gasteiger partial charge in [-0.25, -0.2) is 9.48 Å². The van der Waals surface area contributed by atoms with E-state index in [1.54, 1.807) is 38.1 Å². The summed E-state index contributed by atoms with van der Waals surface area (Å²) in [6, 6.07) is 6.80. The highest BCUT2D eigenvalue weighted by Gasteiger charge is 2.13. The second-order valence-electron chi connectivity index (χ2n) is 4.73. The van der Waals surface area contributed by atoms with Crippen molar-refractivity contribution in [2.75, 3.05) is 7.11 Å². The van der Waals surface area contributed by atoms with Gasteiger partial charge in [-0.3, -0.25) is 14.7 Å². The molecule has 6 heteroatoms. The Kier molecular flexibility index (Phi) is 4.07. The molecule has 0 amide bonds. The summed E-state index contributed by atoms with van der Waals surface area (Å²) >= 11 is 0. The zero-order valence-electron chi connectivity index (χ0n) is 12.1. The number of esters is 1. The number of aromatic amines is 1. The highest BCUT2D eigenvalue weighted by Crippen LogP contribution is 2.10. The molecule has 1 N–H and O–H groups in total. The molecule has 0 saturated heterocycles. The van der Waals surface area contributed by atoms with E-state index >= 15 is 0 Å². The highest BCUT2D eigenvalue weighted by molar-refractivity contribution is 5.90. The number of hydrogen-bond acceptors (Lipinski definition) is 4. The van der Waals surface area contributed by atoms with E-state index in [4.69, 9.17) is 4.74 Å². The van der Waals surface area contributed by atoms with Crippen molar-refractivity contribution in [3.8, 4) is 0 Å². The SMILES string of the molecule is COC(=O)c1ccccc1Cn1[nH]c(=O)c(C)c(C)c1=O. The molecule has 6 nitrogen and oxygen atoms in total.